The van der Waals surface area contributed by atoms with Crippen LogP contribution in [0.4, 0.5) is 0 Å². The molecule has 0 aliphatic carbocycles. The summed E-state index contributed by atoms with van der Waals surface area (Å²) >= 11 is 0. The second-order valence-corrected chi connectivity index (χ2v) is 5.79. The van der Waals surface area contributed by atoms with Crippen LogP contribution < -0.4 is 0 Å². The van der Waals surface area contributed by atoms with Gasteiger partial charge in [-0.1, -0.05) is 19.1 Å². The number of rotatable bonds is 4. The fourth-order valence-corrected chi connectivity index (χ4v) is 2.44. The zero-order chi connectivity index (χ0) is 12.3. The van der Waals surface area contributed by atoms with Gasteiger partial charge >= 0.3 is 5.97 Å². The van der Waals surface area contributed by atoms with Gasteiger partial charge in [0.05, 0.1) is 4.90 Å². The maximum Gasteiger partial charge on any atom is 0.321 e. The van der Waals surface area contributed by atoms with Crippen molar-refractivity contribution < 1.29 is 18.3 Å². The smallest absolute Gasteiger partial charge is 0.321 e. The third-order valence-electron chi connectivity index (χ3n) is 2.47. The van der Waals surface area contributed by atoms with E-state index in [0.29, 0.717) is 0 Å². The highest BCUT2D eigenvalue weighted by Crippen LogP contribution is 2.17. The van der Waals surface area contributed by atoms with Gasteiger partial charge in [-0.25, -0.2) is 8.42 Å². The van der Waals surface area contributed by atoms with Crippen molar-refractivity contribution in [3.05, 3.63) is 29.8 Å². The molecule has 16 heavy (non-hydrogen) atoms. The minimum Gasteiger partial charge on any atom is -0.480 e. The summed E-state index contributed by atoms with van der Waals surface area (Å²) < 4.78 is 23.6. The highest BCUT2D eigenvalue weighted by molar-refractivity contribution is 7.92. The summed E-state index contributed by atoms with van der Waals surface area (Å²) in [4.78, 5) is 10.7. The number of hydrogen-bond acceptors (Lipinski definition) is 3. The minimum absolute atomic E-state index is 0.0552. The Bertz CT molecular complexity index is 473. The van der Waals surface area contributed by atoms with Gasteiger partial charge < -0.3 is 5.11 Å². The second kappa shape index (κ2) is 4.65. The first-order valence-electron chi connectivity index (χ1n) is 4.95. The van der Waals surface area contributed by atoms with Crippen molar-refractivity contribution in [2.75, 3.05) is 0 Å². The first-order valence-corrected chi connectivity index (χ1v) is 6.50. The van der Waals surface area contributed by atoms with Gasteiger partial charge in [0.25, 0.3) is 0 Å². The van der Waals surface area contributed by atoms with E-state index in [1.165, 1.54) is 19.1 Å². The van der Waals surface area contributed by atoms with Crippen molar-refractivity contribution in [2.45, 2.75) is 30.4 Å². The maximum atomic E-state index is 11.8. The predicted molar refractivity (Wildman–Crippen MR) is 60.1 cm³/mol. The quantitative estimate of drug-likeness (QED) is 0.868. The van der Waals surface area contributed by atoms with Crippen LogP contribution in [0.3, 0.4) is 0 Å². The Morgan fingerprint density at radius 2 is 1.81 bits per heavy atom. The molecule has 0 amide bonds. The molecule has 0 aromatic heterocycles. The van der Waals surface area contributed by atoms with E-state index in [1.807, 2.05) is 6.92 Å². The molecule has 1 aromatic rings. The molecule has 0 heterocycles. The summed E-state index contributed by atoms with van der Waals surface area (Å²) in [7, 11) is -3.76. The SMILES string of the molecule is CCc1ccc(S(=O)(=O)C(C)C(=O)O)cc1. The van der Waals surface area contributed by atoms with Crippen molar-refractivity contribution in [1.82, 2.24) is 0 Å². The van der Waals surface area contributed by atoms with Gasteiger partial charge in [-0.3, -0.25) is 4.79 Å². The van der Waals surface area contributed by atoms with Gasteiger partial charge in [0.15, 0.2) is 15.1 Å². The molecule has 88 valence electrons. The van der Waals surface area contributed by atoms with Gasteiger partial charge in [-0.2, -0.15) is 0 Å². The lowest BCUT2D eigenvalue weighted by Gasteiger charge is -2.08. The molecule has 0 fully saturated rings. The topological polar surface area (TPSA) is 71.4 Å². The Hall–Kier alpha value is -1.36. The molecule has 0 aliphatic rings. The van der Waals surface area contributed by atoms with Crippen LogP contribution in [0.2, 0.25) is 0 Å². The van der Waals surface area contributed by atoms with Crippen LogP contribution in [-0.4, -0.2) is 24.7 Å². The summed E-state index contributed by atoms with van der Waals surface area (Å²) in [5.41, 5.74) is 1.02. The fourth-order valence-electron chi connectivity index (χ4n) is 1.25. The molecule has 0 saturated carbocycles. The molecule has 0 radical (unpaired) electrons. The summed E-state index contributed by atoms with van der Waals surface area (Å²) in [6, 6.07) is 6.30. The number of carboxylic acids is 1. The van der Waals surface area contributed by atoms with E-state index >= 15 is 0 Å². The lowest BCUT2D eigenvalue weighted by atomic mass is 10.2. The molecule has 0 aliphatic heterocycles. The highest BCUT2D eigenvalue weighted by Gasteiger charge is 2.29. The number of carbonyl (C=O) groups is 1. The largest absolute Gasteiger partial charge is 0.480 e. The molecular formula is C11H14O4S. The van der Waals surface area contributed by atoms with Crippen LogP contribution in [0.5, 0.6) is 0 Å². The van der Waals surface area contributed by atoms with Gasteiger partial charge in [0, 0.05) is 0 Å². The molecule has 0 saturated heterocycles. The number of sulfone groups is 1. The van der Waals surface area contributed by atoms with Gasteiger partial charge in [-0.15, -0.1) is 0 Å². The van der Waals surface area contributed by atoms with Crippen LogP contribution in [0.25, 0.3) is 0 Å². The maximum absolute atomic E-state index is 11.8. The fraction of sp³-hybridized carbons (Fsp3) is 0.364. The standard InChI is InChI=1S/C11H14O4S/c1-3-9-4-6-10(7-5-9)16(14,15)8(2)11(12)13/h4-8H,3H2,1-2H3,(H,12,13). The Morgan fingerprint density at radius 1 is 1.31 bits per heavy atom. The Balaban J connectivity index is 3.13. The molecular weight excluding hydrogens is 228 g/mol. The van der Waals surface area contributed by atoms with E-state index in [-0.39, 0.29) is 4.90 Å². The van der Waals surface area contributed by atoms with Crippen molar-refractivity contribution in [3.63, 3.8) is 0 Å². The number of benzene rings is 1. The Labute approximate surface area is 94.8 Å². The van der Waals surface area contributed by atoms with E-state index in [0.717, 1.165) is 12.0 Å². The normalized spacial score (nSPS) is 13.4. The molecule has 0 bridgehead atoms. The van der Waals surface area contributed by atoms with Gasteiger partial charge in [0.1, 0.15) is 0 Å². The third-order valence-corrected chi connectivity index (χ3v) is 4.54. The molecule has 1 unspecified atom stereocenters. The Morgan fingerprint density at radius 3 is 2.19 bits per heavy atom. The number of carboxylic acid groups (broad SMARTS) is 1. The molecule has 4 nitrogen and oxygen atoms in total. The van der Waals surface area contributed by atoms with E-state index in [9.17, 15) is 13.2 Å². The van der Waals surface area contributed by atoms with Crippen molar-refractivity contribution >= 4 is 15.8 Å². The van der Waals surface area contributed by atoms with Crippen LogP contribution in [0.15, 0.2) is 29.2 Å². The second-order valence-electron chi connectivity index (χ2n) is 3.52. The molecule has 5 heteroatoms. The van der Waals surface area contributed by atoms with E-state index in [1.54, 1.807) is 12.1 Å². The molecule has 1 aromatic carbocycles. The number of hydrogen-bond donors (Lipinski definition) is 1. The summed E-state index contributed by atoms with van der Waals surface area (Å²) in [6.07, 6.45) is 0.814. The molecule has 1 N–H and O–H groups in total. The molecule has 1 atom stereocenters. The summed E-state index contributed by atoms with van der Waals surface area (Å²) in [5, 5.41) is 7.28. The van der Waals surface area contributed by atoms with E-state index in [2.05, 4.69) is 0 Å². The zero-order valence-electron chi connectivity index (χ0n) is 9.17. The van der Waals surface area contributed by atoms with Crippen molar-refractivity contribution in [3.8, 4) is 0 Å². The van der Waals surface area contributed by atoms with Crippen molar-refractivity contribution in [2.24, 2.45) is 0 Å². The van der Waals surface area contributed by atoms with E-state index in [4.69, 9.17) is 5.11 Å². The van der Waals surface area contributed by atoms with E-state index < -0.39 is 21.1 Å². The average Bonchev–Trinajstić information content (AvgIpc) is 2.28. The van der Waals surface area contributed by atoms with Gasteiger partial charge in [0.2, 0.25) is 0 Å². The average molecular weight is 242 g/mol. The first-order chi connectivity index (χ1) is 7.39. The predicted octanol–water partition coefficient (Wildman–Crippen LogP) is 1.50. The van der Waals surface area contributed by atoms with Crippen LogP contribution in [0.1, 0.15) is 19.4 Å². The van der Waals surface area contributed by atoms with Crippen LogP contribution in [0, 0.1) is 0 Å². The van der Waals surface area contributed by atoms with Gasteiger partial charge in [-0.05, 0) is 31.0 Å². The lowest BCUT2D eigenvalue weighted by Crippen LogP contribution is -2.26. The van der Waals surface area contributed by atoms with Crippen molar-refractivity contribution in [1.29, 1.82) is 0 Å². The zero-order valence-corrected chi connectivity index (χ0v) is 9.99. The number of aryl methyl sites for hydroxylation is 1. The minimum atomic E-state index is -3.76. The Kier molecular flexibility index (Phi) is 3.70. The molecule has 0 spiro atoms. The van der Waals surface area contributed by atoms with Crippen LogP contribution >= 0.6 is 0 Å². The summed E-state index contributed by atoms with van der Waals surface area (Å²) in [6.45, 7) is 3.13. The first kappa shape index (κ1) is 12.7. The number of aliphatic carboxylic acids is 1. The molecule has 1 rings (SSSR count). The highest BCUT2D eigenvalue weighted by atomic mass is 32.2. The lowest BCUT2D eigenvalue weighted by molar-refractivity contribution is -0.136. The monoisotopic (exact) mass is 242 g/mol. The van der Waals surface area contributed by atoms with Crippen LogP contribution in [-0.2, 0) is 21.1 Å². The summed E-state index contributed by atoms with van der Waals surface area (Å²) in [5.74, 6) is -1.33. The third kappa shape index (κ3) is 2.41.